The molecule has 0 radical (unpaired) electrons. The third-order valence-corrected chi connectivity index (χ3v) is 4.44. The highest BCUT2D eigenvalue weighted by molar-refractivity contribution is 5.80. The highest BCUT2D eigenvalue weighted by Gasteiger charge is 2.32. The Morgan fingerprint density at radius 1 is 1.17 bits per heavy atom. The van der Waals surface area contributed by atoms with Crippen molar-refractivity contribution >= 4 is 11.9 Å². The molecule has 2 atom stereocenters. The van der Waals surface area contributed by atoms with E-state index in [1.165, 1.54) is 19.8 Å². The summed E-state index contributed by atoms with van der Waals surface area (Å²) in [6.45, 7) is 7.38. The van der Waals surface area contributed by atoms with Crippen molar-refractivity contribution < 1.29 is 19.1 Å². The number of rotatable bonds is 7. The summed E-state index contributed by atoms with van der Waals surface area (Å²) in [5.41, 5.74) is 7.46. The van der Waals surface area contributed by atoms with Gasteiger partial charge in [-0.15, -0.1) is 0 Å². The van der Waals surface area contributed by atoms with Crippen LogP contribution in [0.1, 0.15) is 63.5 Å². The van der Waals surface area contributed by atoms with E-state index >= 15 is 0 Å². The molecule has 2 rings (SSSR count). The summed E-state index contributed by atoms with van der Waals surface area (Å²) in [6.07, 6.45) is 2.43. The van der Waals surface area contributed by atoms with Crippen LogP contribution in [0.2, 0.25) is 0 Å². The van der Waals surface area contributed by atoms with Crippen LogP contribution in [0.25, 0.3) is 0 Å². The summed E-state index contributed by atoms with van der Waals surface area (Å²) in [7, 11) is 0. The van der Waals surface area contributed by atoms with Gasteiger partial charge in [-0.25, -0.2) is 4.79 Å². The molecular formula is C19H27NO4. The Bertz CT molecular complexity index is 605. The second-order valence-corrected chi connectivity index (χ2v) is 6.92. The number of carbonyl (C=O) groups excluding carboxylic acids is 2. The van der Waals surface area contributed by atoms with Crippen molar-refractivity contribution in [3.63, 3.8) is 0 Å². The van der Waals surface area contributed by atoms with Crippen molar-refractivity contribution in [2.75, 3.05) is 6.61 Å². The van der Waals surface area contributed by atoms with Gasteiger partial charge >= 0.3 is 11.9 Å². The first-order valence-electron chi connectivity index (χ1n) is 8.57. The van der Waals surface area contributed by atoms with Crippen LogP contribution in [0.4, 0.5) is 0 Å². The molecule has 132 valence electrons. The molecule has 1 aliphatic rings. The van der Waals surface area contributed by atoms with Crippen LogP contribution in [0.3, 0.4) is 0 Å². The summed E-state index contributed by atoms with van der Waals surface area (Å²) in [6, 6.07) is 5.25. The van der Waals surface area contributed by atoms with Gasteiger partial charge in [-0.3, -0.25) is 4.79 Å². The maximum atomic E-state index is 12.1. The molecule has 0 saturated heterocycles. The SMILES string of the molecule is CC(C)c1cccc([C@H](C)C2CC2)c1OC(=O)COC(=O)[C@@H](C)N. The summed E-state index contributed by atoms with van der Waals surface area (Å²) in [5, 5.41) is 0. The lowest BCUT2D eigenvalue weighted by molar-refractivity contribution is -0.154. The number of hydrogen-bond acceptors (Lipinski definition) is 5. The van der Waals surface area contributed by atoms with Gasteiger partial charge in [-0.2, -0.15) is 0 Å². The number of para-hydroxylation sites is 1. The molecular weight excluding hydrogens is 306 g/mol. The van der Waals surface area contributed by atoms with Gasteiger partial charge in [-0.1, -0.05) is 39.0 Å². The van der Waals surface area contributed by atoms with E-state index < -0.39 is 24.6 Å². The topological polar surface area (TPSA) is 78.6 Å². The Hall–Kier alpha value is -1.88. The molecule has 0 unspecified atom stereocenters. The highest BCUT2D eigenvalue weighted by Crippen LogP contribution is 2.46. The van der Waals surface area contributed by atoms with E-state index in [2.05, 4.69) is 20.8 Å². The van der Waals surface area contributed by atoms with Crippen molar-refractivity contribution in [2.45, 2.75) is 58.4 Å². The fourth-order valence-corrected chi connectivity index (χ4v) is 2.76. The Morgan fingerprint density at radius 2 is 1.79 bits per heavy atom. The van der Waals surface area contributed by atoms with Crippen LogP contribution in [-0.4, -0.2) is 24.6 Å². The van der Waals surface area contributed by atoms with E-state index in [0.717, 1.165) is 11.1 Å². The molecule has 1 aliphatic carbocycles. The molecule has 2 N–H and O–H groups in total. The lowest BCUT2D eigenvalue weighted by Gasteiger charge is -2.20. The average Bonchev–Trinajstić information content (AvgIpc) is 3.36. The predicted molar refractivity (Wildman–Crippen MR) is 91.9 cm³/mol. The molecule has 5 nitrogen and oxygen atoms in total. The lowest BCUT2D eigenvalue weighted by Crippen LogP contribution is -2.31. The maximum Gasteiger partial charge on any atom is 0.349 e. The predicted octanol–water partition coefficient (Wildman–Crippen LogP) is 3.12. The molecule has 1 aromatic rings. The monoisotopic (exact) mass is 333 g/mol. The van der Waals surface area contributed by atoms with Crippen LogP contribution in [0.5, 0.6) is 5.75 Å². The minimum Gasteiger partial charge on any atom is -0.453 e. The van der Waals surface area contributed by atoms with Gasteiger partial charge in [0.2, 0.25) is 0 Å². The fourth-order valence-electron chi connectivity index (χ4n) is 2.76. The van der Waals surface area contributed by atoms with Gasteiger partial charge in [-0.05, 0) is 48.6 Å². The zero-order valence-electron chi connectivity index (χ0n) is 14.9. The van der Waals surface area contributed by atoms with Gasteiger partial charge in [0.25, 0.3) is 0 Å². The third-order valence-electron chi connectivity index (χ3n) is 4.44. The molecule has 1 fully saturated rings. The highest BCUT2D eigenvalue weighted by atomic mass is 16.6. The second-order valence-electron chi connectivity index (χ2n) is 6.92. The number of benzene rings is 1. The minimum absolute atomic E-state index is 0.228. The quantitative estimate of drug-likeness (QED) is 0.612. The molecule has 5 heteroatoms. The van der Waals surface area contributed by atoms with E-state index in [-0.39, 0.29) is 5.92 Å². The van der Waals surface area contributed by atoms with Crippen LogP contribution in [-0.2, 0) is 14.3 Å². The van der Waals surface area contributed by atoms with E-state index in [0.29, 0.717) is 17.6 Å². The Labute approximate surface area is 143 Å². The van der Waals surface area contributed by atoms with Crippen LogP contribution >= 0.6 is 0 Å². The normalized spacial score (nSPS) is 16.6. The molecule has 0 aromatic heterocycles. The Balaban J connectivity index is 2.17. The second kappa shape index (κ2) is 7.79. The largest absolute Gasteiger partial charge is 0.453 e. The van der Waals surface area contributed by atoms with E-state index in [1.807, 2.05) is 18.2 Å². The standard InChI is InChI=1S/C19H27NO4/c1-11(2)15-6-5-7-16(12(3)14-8-9-14)18(15)24-17(21)10-23-19(22)13(4)20/h5-7,11-14H,8-10,20H2,1-4H3/t12-,13-/m1/s1. The Morgan fingerprint density at radius 3 is 2.33 bits per heavy atom. The number of carbonyl (C=O) groups is 2. The van der Waals surface area contributed by atoms with Gasteiger partial charge in [0, 0.05) is 0 Å². The number of hydrogen-bond donors (Lipinski definition) is 1. The zero-order chi connectivity index (χ0) is 17.9. The van der Waals surface area contributed by atoms with Crippen molar-refractivity contribution in [1.82, 2.24) is 0 Å². The van der Waals surface area contributed by atoms with E-state index in [4.69, 9.17) is 15.2 Å². The molecule has 0 bridgehead atoms. The van der Waals surface area contributed by atoms with Crippen LogP contribution in [0.15, 0.2) is 18.2 Å². The minimum atomic E-state index is -0.758. The van der Waals surface area contributed by atoms with Crippen molar-refractivity contribution in [2.24, 2.45) is 11.7 Å². The lowest BCUT2D eigenvalue weighted by atomic mass is 9.90. The van der Waals surface area contributed by atoms with Crippen molar-refractivity contribution in [1.29, 1.82) is 0 Å². The smallest absolute Gasteiger partial charge is 0.349 e. The van der Waals surface area contributed by atoms with Crippen molar-refractivity contribution in [3.8, 4) is 5.75 Å². The third kappa shape index (κ3) is 4.57. The molecule has 0 aliphatic heterocycles. The van der Waals surface area contributed by atoms with Gasteiger partial charge in [0.15, 0.2) is 6.61 Å². The molecule has 1 aromatic carbocycles. The zero-order valence-corrected chi connectivity index (χ0v) is 14.9. The average molecular weight is 333 g/mol. The fraction of sp³-hybridized carbons (Fsp3) is 0.579. The molecule has 24 heavy (non-hydrogen) atoms. The molecule has 0 amide bonds. The van der Waals surface area contributed by atoms with Gasteiger partial charge in [0.05, 0.1) is 0 Å². The first-order valence-corrected chi connectivity index (χ1v) is 8.57. The number of esters is 2. The Kier molecular flexibility index (Phi) is 5.99. The summed E-state index contributed by atoms with van der Waals surface area (Å²) < 4.78 is 10.5. The first kappa shape index (κ1) is 18.5. The summed E-state index contributed by atoms with van der Waals surface area (Å²) >= 11 is 0. The van der Waals surface area contributed by atoms with Crippen LogP contribution in [0, 0.1) is 5.92 Å². The molecule has 1 saturated carbocycles. The van der Waals surface area contributed by atoms with Gasteiger partial charge < -0.3 is 15.2 Å². The number of nitrogens with two attached hydrogens (primary N) is 1. The van der Waals surface area contributed by atoms with E-state index in [1.54, 1.807) is 0 Å². The first-order chi connectivity index (χ1) is 11.3. The molecule has 0 heterocycles. The van der Waals surface area contributed by atoms with Gasteiger partial charge in [0.1, 0.15) is 11.8 Å². The number of ether oxygens (including phenoxy) is 2. The van der Waals surface area contributed by atoms with Crippen LogP contribution < -0.4 is 10.5 Å². The molecule has 0 spiro atoms. The summed E-state index contributed by atoms with van der Waals surface area (Å²) in [5.74, 6) is 0.649. The van der Waals surface area contributed by atoms with E-state index in [9.17, 15) is 9.59 Å². The summed E-state index contributed by atoms with van der Waals surface area (Å²) in [4.78, 5) is 23.5. The maximum absolute atomic E-state index is 12.1. The van der Waals surface area contributed by atoms with Crippen molar-refractivity contribution in [3.05, 3.63) is 29.3 Å².